The first-order valence-corrected chi connectivity index (χ1v) is 6.71. The minimum absolute atomic E-state index is 0.550. The van der Waals surface area contributed by atoms with Crippen LogP contribution in [0.4, 0.5) is 0 Å². The number of fused-ring (bicyclic) bond motifs is 1. The SMILES string of the molecule is CC1(C)CCCC2(C)C(CN)CCCC12. The van der Waals surface area contributed by atoms with E-state index in [1.54, 1.807) is 0 Å². The van der Waals surface area contributed by atoms with E-state index >= 15 is 0 Å². The van der Waals surface area contributed by atoms with E-state index in [0.29, 0.717) is 10.8 Å². The van der Waals surface area contributed by atoms with Crippen LogP contribution in [0.25, 0.3) is 0 Å². The fraction of sp³-hybridized carbons (Fsp3) is 1.00. The summed E-state index contributed by atoms with van der Waals surface area (Å²) in [7, 11) is 0. The Bertz CT molecular complexity index is 233. The third-order valence-corrected chi connectivity index (χ3v) is 5.54. The molecule has 2 saturated carbocycles. The fourth-order valence-electron chi connectivity index (χ4n) is 4.66. The second kappa shape index (κ2) is 3.76. The van der Waals surface area contributed by atoms with Gasteiger partial charge in [0.05, 0.1) is 0 Å². The van der Waals surface area contributed by atoms with Crippen LogP contribution < -0.4 is 5.73 Å². The molecule has 3 unspecified atom stereocenters. The first-order chi connectivity index (χ1) is 7.00. The van der Waals surface area contributed by atoms with E-state index in [2.05, 4.69) is 20.8 Å². The molecule has 0 aliphatic heterocycles. The first kappa shape index (κ1) is 11.4. The van der Waals surface area contributed by atoms with Crippen LogP contribution in [0, 0.1) is 22.7 Å². The summed E-state index contributed by atoms with van der Waals surface area (Å²) in [6, 6.07) is 0. The second-order valence-electron chi connectivity index (χ2n) is 6.76. The Kier molecular flexibility index (Phi) is 2.87. The van der Waals surface area contributed by atoms with Gasteiger partial charge in [-0.05, 0) is 54.9 Å². The molecule has 2 rings (SSSR count). The average molecular weight is 209 g/mol. The maximum atomic E-state index is 5.98. The Labute approximate surface area is 94.8 Å². The molecule has 3 atom stereocenters. The predicted molar refractivity (Wildman–Crippen MR) is 65.6 cm³/mol. The van der Waals surface area contributed by atoms with E-state index in [4.69, 9.17) is 5.73 Å². The maximum Gasteiger partial charge on any atom is -0.00435 e. The van der Waals surface area contributed by atoms with Crippen molar-refractivity contribution in [2.24, 2.45) is 28.4 Å². The monoisotopic (exact) mass is 209 g/mol. The highest BCUT2D eigenvalue weighted by molar-refractivity contribution is 5.01. The van der Waals surface area contributed by atoms with Gasteiger partial charge in [-0.1, -0.05) is 33.6 Å². The number of nitrogens with two attached hydrogens (primary N) is 1. The third-order valence-electron chi connectivity index (χ3n) is 5.54. The standard InChI is InChI=1S/C14H27N/c1-13(2)8-5-9-14(3)11(10-15)6-4-7-12(13)14/h11-12H,4-10,15H2,1-3H3. The van der Waals surface area contributed by atoms with E-state index in [-0.39, 0.29) is 0 Å². The Morgan fingerprint density at radius 2 is 1.80 bits per heavy atom. The van der Waals surface area contributed by atoms with Gasteiger partial charge < -0.3 is 5.73 Å². The number of rotatable bonds is 1. The van der Waals surface area contributed by atoms with Gasteiger partial charge in [0.1, 0.15) is 0 Å². The van der Waals surface area contributed by atoms with Gasteiger partial charge >= 0.3 is 0 Å². The molecule has 15 heavy (non-hydrogen) atoms. The van der Waals surface area contributed by atoms with Crippen LogP contribution in [0.2, 0.25) is 0 Å². The Hall–Kier alpha value is -0.0400. The van der Waals surface area contributed by atoms with Crippen LogP contribution in [-0.2, 0) is 0 Å². The van der Waals surface area contributed by atoms with Gasteiger partial charge in [-0.2, -0.15) is 0 Å². The maximum absolute atomic E-state index is 5.98. The van der Waals surface area contributed by atoms with Gasteiger partial charge in [0.15, 0.2) is 0 Å². The minimum Gasteiger partial charge on any atom is -0.330 e. The van der Waals surface area contributed by atoms with Gasteiger partial charge in [-0.25, -0.2) is 0 Å². The van der Waals surface area contributed by atoms with E-state index < -0.39 is 0 Å². The highest BCUT2D eigenvalue weighted by atomic mass is 14.6. The number of hydrogen-bond donors (Lipinski definition) is 1. The summed E-state index contributed by atoms with van der Waals surface area (Å²) in [6.45, 7) is 8.39. The van der Waals surface area contributed by atoms with E-state index in [9.17, 15) is 0 Å². The van der Waals surface area contributed by atoms with Crippen molar-refractivity contribution < 1.29 is 0 Å². The summed E-state index contributed by atoms with van der Waals surface area (Å²) < 4.78 is 0. The van der Waals surface area contributed by atoms with E-state index in [0.717, 1.165) is 18.4 Å². The lowest BCUT2D eigenvalue weighted by molar-refractivity contribution is -0.0694. The van der Waals surface area contributed by atoms with Crippen LogP contribution in [0.1, 0.15) is 59.3 Å². The summed E-state index contributed by atoms with van der Waals surface area (Å²) in [5, 5.41) is 0. The molecule has 2 fully saturated rings. The Balaban J connectivity index is 2.27. The lowest BCUT2D eigenvalue weighted by Gasteiger charge is -2.57. The van der Waals surface area contributed by atoms with Crippen LogP contribution in [0.5, 0.6) is 0 Å². The molecule has 0 heterocycles. The van der Waals surface area contributed by atoms with Crippen molar-refractivity contribution in [3.05, 3.63) is 0 Å². The van der Waals surface area contributed by atoms with Crippen LogP contribution >= 0.6 is 0 Å². The highest BCUT2D eigenvalue weighted by Crippen LogP contribution is 2.59. The zero-order chi connectivity index (χ0) is 11.1. The summed E-state index contributed by atoms with van der Waals surface area (Å²) in [6.07, 6.45) is 8.48. The zero-order valence-electron chi connectivity index (χ0n) is 10.7. The van der Waals surface area contributed by atoms with Crippen molar-refractivity contribution in [2.75, 3.05) is 6.54 Å². The molecule has 0 aromatic carbocycles. The third kappa shape index (κ3) is 1.73. The molecule has 2 aliphatic rings. The molecule has 0 aromatic rings. The smallest absolute Gasteiger partial charge is 0.00435 e. The summed E-state index contributed by atoms with van der Waals surface area (Å²) in [5.74, 6) is 1.71. The molecule has 1 heteroatoms. The van der Waals surface area contributed by atoms with Gasteiger partial charge in [0, 0.05) is 0 Å². The van der Waals surface area contributed by atoms with Crippen LogP contribution in [0.15, 0.2) is 0 Å². The Morgan fingerprint density at radius 1 is 1.07 bits per heavy atom. The van der Waals surface area contributed by atoms with Crippen molar-refractivity contribution in [2.45, 2.75) is 59.3 Å². The molecule has 0 spiro atoms. The fourth-order valence-corrected chi connectivity index (χ4v) is 4.66. The van der Waals surface area contributed by atoms with Crippen LogP contribution in [-0.4, -0.2) is 6.54 Å². The predicted octanol–water partition coefficient (Wildman–Crippen LogP) is 3.58. The molecule has 2 aliphatic carbocycles. The van der Waals surface area contributed by atoms with E-state index in [1.807, 2.05) is 0 Å². The Morgan fingerprint density at radius 3 is 2.47 bits per heavy atom. The van der Waals surface area contributed by atoms with Crippen LogP contribution in [0.3, 0.4) is 0 Å². The molecule has 0 saturated heterocycles. The van der Waals surface area contributed by atoms with Crippen molar-refractivity contribution in [3.63, 3.8) is 0 Å². The van der Waals surface area contributed by atoms with Crippen molar-refractivity contribution in [3.8, 4) is 0 Å². The average Bonchev–Trinajstić information content (AvgIpc) is 2.16. The second-order valence-corrected chi connectivity index (χ2v) is 6.76. The zero-order valence-corrected chi connectivity index (χ0v) is 10.7. The van der Waals surface area contributed by atoms with Crippen molar-refractivity contribution in [1.29, 1.82) is 0 Å². The molecular formula is C14H27N. The lowest BCUT2D eigenvalue weighted by Crippen LogP contribution is -2.50. The number of hydrogen-bond acceptors (Lipinski definition) is 1. The molecular weight excluding hydrogens is 182 g/mol. The summed E-state index contributed by atoms with van der Waals surface area (Å²) in [4.78, 5) is 0. The van der Waals surface area contributed by atoms with Gasteiger partial charge in [0.25, 0.3) is 0 Å². The minimum atomic E-state index is 0.550. The largest absolute Gasteiger partial charge is 0.330 e. The molecule has 0 amide bonds. The normalized spacial score (nSPS) is 44.8. The summed E-state index contributed by atoms with van der Waals surface area (Å²) in [5.41, 5.74) is 7.09. The molecule has 88 valence electrons. The quantitative estimate of drug-likeness (QED) is 0.702. The lowest BCUT2D eigenvalue weighted by atomic mass is 9.48. The summed E-state index contributed by atoms with van der Waals surface area (Å²) >= 11 is 0. The van der Waals surface area contributed by atoms with Gasteiger partial charge in [-0.15, -0.1) is 0 Å². The molecule has 0 aromatic heterocycles. The molecule has 0 bridgehead atoms. The van der Waals surface area contributed by atoms with Gasteiger partial charge in [0.2, 0.25) is 0 Å². The van der Waals surface area contributed by atoms with E-state index in [1.165, 1.54) is 38.5 Å². The topological polar surface area (TPSA) is 26.0 Å². The highest BCUT2D eigenvalue weighted by Gasteiger charge is 2.51. The van der Waals surface area contributed by atoms with Gasteiger partial charge in [-0.3, -0.25) is 0 Å². The van der Waals surface area contributed by atoms with Crippen molar-refractivity contribution in [1.82, 2.24) is 0 Å². The molecule has 1 nitrogen and oxygen atoms in total. The molecule has 2 N–H and O–H groups in total. The molecule has 0 radical (unpaired) electrons. The first-order valence-electron chi connectivity index (χ1n) is 6.71. The van der Waals surface area contributed by atoms with Crippen molar-refractivity contribution >= 4 is 0 Å².